The Bertz CT molecular complexity index is 481. The van der Waals surface area contributed by atoms with E-state index in [-0.39, 0.29) is 50.7 Å². The number of rotatable bonds is 0. The van der Waals surface area contributed by atoms with Crippen LogP contribution in [0.5, 0.6) is 0 Å². The molecule has 2 aliphatic rings. The average molecular weight is 516 g/mol. The standard InChI is InChI=1S/2C10H13.2ClH.Hf/c2*1-8-6-9-4-2-3-5-10(9)7-8;;;/h2*6-7H,2-5H2,1H3;2*1H;/q2*-1;;;+4/p-2. The molecule has 2 aromatic rings. The van der Waals surface area contributed by atoms with Gasteiger partial charge in [0, 0.05) is 0 Å². The summed E-state index contributed by atoms with van der Waals surface area (Å²) in [5.74, 6) is 0. The second-order valence-electron chi connectivity index (χ2n) is 6.58. The second kappa shape index (κ2) is 10.9. The molecule has 0 N–H and O–H groups in total. The van der Waals surface area contributed by atoms with Crippen molar-refractivity contribution in [2.24, 2.45) is 0 Å². The molecular formula is C20H26Cl2Hf. The van der Waals surface area contributed by atoms with Gasteiger partial charge in [-0.15, -0.1) is 0 Å². The monoisotopic (exact) mass is 516 g/mol. The third-order valence-electron chi connectivity index (χ3n) is 4.72. The molecule has 23 heavy (non-hydrogen) atoms. The van der Waals surface area contributed by atoms with Crippen molar-refractivity contribution in [1.82, 2.24) is 0 Å². The number of halogens is 2. The van der Waals surface area contributed by atoms with Crippen LogP contribution in [0.2, 0.25) is 0 Å². The van der Waals surface area contributed by atoms with Crippen LogP contribution in [0.15, 0.2) is 24.3 Å². The van der Waals surface area contributed by atoms with Crippen LogP contribution in [0.4, 0.5) is 0 Å². The van der Waals surface area contributed by atoms with Gasteiger partial charge >= 0.3 is 25.8 Å². The Morgan fingerprint density at radius 3 is 1.35 bits per heavy atom. The Balaban J connectivity index is 0.000000372. The minimum atomic E-state index is 0. The topological polar surface area (TPSA) is 0 Å². The fourth-order valence-electron chi connectivity index (χ4n) is 3.75. The molecular weight excluding hydrogens is 490 g/mol. The molecule has 3 heteroatoms. The minimum Gasteiger partial charge on any atom is -1.00 e. The predicted molar refractivity (Wildman–Crippen MR) is 86.8 cm³/mol. The molecule has 0 amide bonds. The SMILES string of the molecule is Cc1cc2c([cH-]1)CCCC2.Cc1cc2c([cH-]1)CCCC2.[Cl-].[Cl-].[Hf+4]. The first-order chi connectivity index (χ1) is 9.72. The van der Waals surface area contributed by atoms with Gasteiger partial charge in [-0.3, -0.25) is 0 Å². The van der Waals surface area contributed by atoms with E-state index in [0.717, 1.165) is 0 Å². The van der Waals surface area contributed by atoms with E-state index in [9.17, 15) is 0 Å². The molecule has 0 heterocycles. The number of fused-ring (bicyclic) bond motifs is 2. The van der Waals surface area contributed by atoms with E-state index < -0.39 is 0 Å². The molecule has 0 fully saturated rings. The molecule has 4 rings (SSSR count). The molecule has 0 saturated carbocycles. The van der Waals surface area contributed by atoms with Crippen LogP contribution in [0, 0.1) is 13.8 Å². The van der Waals surface area contributed by atoms with Crippen LogP contribution in [-0.2, 0) is 51.5 Å². The van der Waals surface area contributed by atoms with Gasteiger partial charge in [0.15, 0.2) is 0 Å². The maximum Gasteiger partial charge on any atom is 4.00 e. The summed E-state index contributed by atoms with van der Waals surface area (Å²) >= 11 is 0. The van der Waals surface area contributed by atoms with E-state index in [4.69, 9.17) is 0 Å². The third-order valence-corrected chi connectivity index (χ3v) is 4.72. The Hall–Kier alpha value is 0.150. The zero-order chi connectivity index (χ0) is 13.9. The van der Waals surface area contributed by atoms with Crippen molar-refractivity contribution in [3.8, 4) is 0 Å². The maximum absolute atomic E-state index is 2.34. The molecule has 0 spiro atoms. The van der Waals surface area contributed by atoms with Gasteiger partial charge in [-0.1, -0.05) is 65.2 Å². The van der Waals surface area contributed by atoms with E-state index in [1.165, 1.54) is 62.5 Å². The third kappa shape index (κ3) is 6.18. The van der Waals surface area contributed by atoms with Crippen LogP contribution in [0.1, 0.15) is 59.1 Å². The summed E-state index contributed by atoms with van der Waals surface area (Å²) in [6, 6.07) is 9.37. The summed E-state index contributed by atoms with van der Waals surface area (Å²) < 4.78 is 0. The van der Waals surface area contributed by atoms with Gasteiger partial charge in [-0.05, 0) is 0 Å². The summed E-state index contributed by atoms with van der Waals surface area (Å²) in [7, 11) is 0. The molecule has 0 nitrogen and oxygen atoms in total. The summed E-state index contributed by atoms with van der Waals surface area (Å²) in [4.78, 5) is 0. The molecule has 2 aliphatic carbocycles. The second-order valence-corrected chi connectivity index (χ2v) is 6.58. The first kappa shape index (κ1) is 23.2. The summed E-state index contributed by atoms with van der Waals surface area (Å²) in [6.45, 7) is 4.39. The number of aryl methyl sites for hydroxylation is 6. The van der Waals surface area contributed by atoms with Gasteiger partial charge in [0.25, 0.3) is 0 Å². The van der Waals surface area contributed by atoms with E-state index >= 15 is 0 Å². The van der Waals surface area contributed by atoms with Crippen LogP contribution in [-0.4, -0.2) is 0 Å². The van der Waals surface area contributed by atoms with Crippen molar-refractivity contribution in [3.63, 3.8) is 0 Å². The van der Waals surface area contributed by atoms with E-state index in [1.54, 1.807) is 22.3 Å². The van der Waals surface area contributed by atoms with Gasteiger partial charge in [0.1, 0.15) is 0 Å². The molecule has 0 aliphatic heterocycles. The zero-order valence-corrected chi connectivity index (χ0v) is 19.3. The van der Waals surface area contributed by atoms with Crippen LogP contribution >= 0.6 is 0 Å². The van der Waals surface area contributed by atoms with Crippen molar-refractivity contribution in [3.05, 3.63) is 57.6 Å². The van der Waals surface area contributed by atoms with Crippen molar-refractivity contribution in [2.45, 2.75) is 65.2 Å². The van der Waals surface area contributed by atoms with Crippen LogP contribution in [0.25, 0.3) is 0 Å². The largest absolute Gasteiger partial charge is 4.00 e. The van der Waals surface area contributed by atoms with E-state index in [2.05, 4.69) is 38.1 Å². The summed E-state index contributed by atoms with van der Waals surface area (Å²) in [5.41, 5.74) is 9.36. The van der Waals surface area contributed by atoms with Gasteiger partial charge in [-0.2, -0.15) is 45.5 Å². The van der Waals surface area contributed by atoms with Gasteiger partial charge < -0.3 is 24.8 Å². The van der Waals surface area contributed by atoms with E-state index in [0.29, 0.717) is 0 Å². The number of hydrogen-bond donors (Lipinski definition) is 0. The molecule has 0 atom stereocenters. The van der Waals surface area contributed by atoms with Gasteiger partial charge in [0.2, 0.25) is 0 Å². The molecule has 0 unspecified atom stereocenters. The van der Waals surface area contributed by atoms with Crippen molar-refractivity contribution >= 4 is 0 Å². The zero-order valence-electron chi connectivity index (χ0n) is 14.2. The smallest absolute Gasteiger partial charge is 1.00 e. The minimum absolute atomic E-state index is 0. The molecule has 0 saturated heterocycles. The molecule has 124 valence electrons. The molecule has 0 bridgehead atoms. The van der Waals surface area contributed by atoms with Gasteiger partial charge in [0.05, 0.1) is 0 Å². The van der Waals surface area contributed by atoms with Gasteiger partial charge in [-0.25, -0.2) is 12.1 Å². The first-order valence-electron chi connectivity index (χ1n) is 8.22. The Morgan fingerprint density at radius 1 is 0.652 bits per heavy atom. The van der Waals surface area contributed by atoms with Crippen LogP contribution < -0.4 is 24.8 Å². The Kier molecular flexibility index (Phi) is 11.0. The van der Waals surface area contributed by atoms with Crippen LogP contribution in [0.3, 0.4) is 0 Å². The summed E-state index contributed by atoms with van der Waals surface area (Å²) in [6.07, 6.45) is 10.9. The van der Waals surface area contributed by atoms with E-state index in [1.807, 2.05) is 0 Å². The predicted octanol–water partition coefficient (Wildman–Crippen LogP) is -0.809. The fourth-order valence-corrected chi connectivity index (χ4v) is 3.75. The maximum atomic E-state index is 2.34. The first-order valence-corrected chi connectivity index (χ1v) is 8.22. The number of hydrogen-bond acceptors (Lipinski definition) is 0. The Labute approximate surface area is 172 Å². The molecule has 2 aromatic carbocycles. The Morgan fingerprint density at radius 2 is 1.00 bits per heavy atom. The van der Waals surface area contributed by atoms with Crippen molar-refractivity contribution < 1.29 is 50.7 Å². The van der Waals surface area contributed by atoms with Crippen molar-refractivity contribution in [2.75, 3.05) is 0 Å². The quantitative estimate of drug-likeness (QED) is 0.318. The normalized spacial score (nSPS) is 14.7. The van der Waals surface area contributed by atoms with Crippen molar-refractivity contribution in [1.29, 1.82) is 0 Å². The molecule has 0 aromatic heterocycles. The fraction of sp³-hybridized carbons (Fsp3) is 0.500. The molecule has 0 radical (unpaired) electrons. The summed E-state index contributed by atoms with van der Waals surface area (Å²) in [5, 5.41) is 0. The average Bonchev–Trinajstić information content (AvgIpc) is 2.99.